The topological polar surface area (TPSA) is 74.2 Å². The van der Waals surface area contributed by atoms with Gasteiger partial charge in [-0.1, -0.05) is 29.8 Å². The minimum absolute atomic E-state index is 0.0779. The number of benzene rings is 1. The SMILES string of the molecule is CCCc1nc(COc2ccc(C)cc2[C@@H](C)N)no1. The van der Waals surface area contributed by atoms with Crippen LogP contribution in [0.4, 0.5) is 0 Å². The van der Waals surface area contributed by atoms with Gasteiger partial charge in [-0.3, -0.25) is 0 Å². The van der Waals surface area contributed by atoms with Gasteiger partial charge in [-0.15, -0.1) is 0 Å². The Labute approximate surface area is 119 Å². The Balaban J connectivity index is 2.06. The second-order valence-corrected chi connectivity index (χ2v) is 4.97. The second kappa shape index (κ2) is 6.52. The summed E-state index contributed by atoms with van der Waals surface area (Å²) in [5.41, 5.74) is 8.12. The number of hydrogen-bond donors (Lipinski definition) is 1. The molecule has 2 N–H and O–H groups in total. The number of ether oxygens (including phenoxy) is 1. The van der Waals surface area contributed by atoms with Gasteiger partial charge < -0.3 is 15.0 Å². The molecule has 1 atom stereocenters. The van der Waals surface area contributed by atoms with E-state index in [0.29, 0.717) is 11.7 Å². The number of hydrogen-bond acceptors (Lipinski definition) is 5. The molecule has 2 rings (SSSR count). The number of nitrogens with two attached hydrogens (primary N) is 1. The molecule has 5 heteroatoms. The highest BCUT2D eigenvalue weighted by Gasteiger charge is 2.11. The highest BCUT2D eigenvalue weighted by atomic mass is 16.5. The van der Waals surface area contributed by atoms with E-state index in [4.69, 9.17) is 15.0 Å². The number of aromatic nitrogens is 2. The van der Waals surface area contributed by atoms with Crippen LogP contribution in [-0.4, -0.2) is 10.1 Å². The van der Waals surface area contributed by atoms with E-state index < -0.39 is 0 Å². The summed E-state index contributed by atoms with van der Waals surface area (Å²) in [6.45, 7) is 6.33. The third-order valence-corrected chi connectivity index (χ3v) is 2.99. The molecule has 0 aliphatic rings. The van der Waals surface area contributed by atoms with Gasteiger partial charge >= 0.3 is 0 Å². The molecule has 0 bridgehead atoms. The summed E-state index contributed by atoms with van der Waals surface area (Å²) in [7, 11) is 0. The van der Waals surface area contributed by atoms with E-state index in [0.717, 1.165) is 29.7 Å². The van der Waals surface area contributed by atoms with Crippen molar-refractivity contribution in [1.82, 2.24) is 10.1 Å². The van der Waals surface area contributed by atoms with Crippen LogP contribution in [-0.2, 0) is 13.0 Å². The second-order valence-electron chi connectivity index (χ2n) is 4.97. The highest BCUT2D eigenvalue weighted by molar-refractivity contribution is 5.38. The zero-order valence-corrected chi connectivity index (χ0v) is 12.2. The summed E-state index contributed by atoms with van der Waals surface area (Å²) in [6, 6.07) is 5.89. The summed E-state index contributed by atoms with van der Waals surface area (Å²) in [6.07, 6.45) is 1.78. The molecule has 0 saturated carbocycles. The molecule has 0 radical (unpaired) electrons. The van der Waals surface area contributed by atoms with Gasteiger partial charge in [-0.25, -0.2) is 0 Å². The van der Waals surface area contributed by atoms with Crippen LogP contribution in [0.15, 0.2) is 22.7 Å². The van der Waals surface area contributed by atoms with Gasteiger partial charge in [0.1, 0.15) is 5.75 Å². The zero-order valence-electron chi connectivity index (χ0n) is 12.2. The van der Waals surface area contributed by atoms with E-state index in [1.807, 2.05) is 32.0 Å². The molecule has 1 aromatic carbocycles. The third-order valence-electron chi connectivity index (χ3n) is 2.99. The van der Waals surface area contributed by atoms with Crippen molar-refractivity contribution in [1.29, 1.82) is 0 Å². The third kappa shape index (κ3) is 3.57. The molecule has 20 heavy (non-hydrogen) atoms. The van der Waals surface area contributed by atoms with Crippen LogP contribution in [0.1, 0.15) is 49.2 Å². The summed E-state index contributed by atoms with van der Waals surface area (Å²) in [5.74, 6) is 1.99. The van der Waals surface area contributed by atoms with Crippen LogP contribution >= 0.6 is 0 Å². The van der Waals surface area contributed by atoms with Crippen molar-refractivity contribution in [2.24, 2.45) is 5.73 Å². The smallest absolute Gasteiger partial charge is 0.226 e. The van der Waals surface area contributed by atoms with Crippen LogP contribution in [0.25, 0.3) is 0 Å². The predicted molar refractivity (Wildman–Crippen MR) is 76.4 cm³/mol. The predicted octanol–water partition coefficient (Wildman–Crippen LogP) is 2.93. The van der Waals surface area contributed by atoms with Gasteiger partial charge in [0, 0.05) is 18.0 Å². The van der Waals surface area contributed by atoms with E-state index in [9.17, 15) is 0 Å². The van der Waals surface area contributed by atoms with Crippen molar-refractivity contribution in [3.63, 3.8) is 0 Å². The largest absolute Gasteiger partial charge is 0.485 e. The van der Waals surface area contributed by atoms with Crippen molar-refractivity contribution in [2.45, 2.75) is 46.3 Å². The van der Waals surface area contributed by atoms with Crippen molar-refractivity contribution >= 4 is 0 Å². The lowest BCUT2D eigenvalue weighted by molar-refractivity contribution is 0.281. The first-order valence-electron chi connectivity index (χ1n) is 6.90. The minimum atomic E-state index is -0.0779. The molecule has 2 aromatic rings. The van der Waals surface area contributed by atoms with Gasteiger partial charge in [-0.05, 0) is 26.3 Å². The highest BCUT2D eigenvalue weighted by Crippen LogP contribution is 2.25. The van der Waals surface area contributed by atoms with Gasteiger partial charge in [-0.2, -0.15) is 4.98 Å². The fraction of sp³-hybridized carbons (Fsp3) is 0.467. The van der Waals surface area contributed by atoms with Gasteiger partial charge in [0.05, 0.1) is 0 Å². The fourth-order valence-corrected chi connectivity index (χ4v) is 1.96. The van der Waals surface area contributed by atoms with Crippen molar-refractivity contribution in [3.05, 3.63) is 41.0 Å². The first-order chi connectivity index (χ1) is 9.60. The van der Waals surface area contributed by atoms with E-state index in [1.54, 1.807) is 0 Å². The molecule has 0 saturated heterocycles. The average molecular weight is 275 g/mol. The molecular formula is C15H21N3O2. The van der Waals surface area contributed by atoms with Crippen LogP contribution in [0.3, 0.4) is 0 Å². The molecular weight excluding hydrogens is 254 g/mol. The van der Waals surface area contributed by atoms with Crippen molar-refractivity contribution in [3.8, 4) is 5.75 Å². The molecule has 108 valence electrons. The van der Waals surface area contributed by atoms with E-state index in [1.165, 1.54) is 0 Å². The molecule has 0 fully saturated rings. The van der Waals surface area contributed by atoms with Crippen molar-refractivity contribution < 1.29 is 9.26 Å². The summed E-state index contributed by atoms with van der Waals surface area (Å²) >= 11 is 0. The first-order valence-corrected chi connectivity index (χ1v) is 6.90. The number of aryl methyl sites for hydroxylation is 2. The monoisotopic (exact) mass is 275 g/mol. The molecule has 5 nitrogen and oxygen atoms in total. The molecule has 0 unspecified atom stereocenters. The lowest BCUT2D eigenvalue weighted by Crippen LogP contribution is -2.09. The molecule has 0 spiro atoms. The van der Waals surface area contributed by atoms with E-state index in [-0.39, 0.29) is 12.6 Å². The van der Waals surface area contributed by atoms with Crippen molar-refractivity contribution in [2.75, 3.05) is 0 Å². The maximum absolute atomic E-state index is 5.97. The Morgan fingerprint density at radius 3 is 2.90 bits per heavy atom. The molecule has 0 aliphatic heterocycles. The zero-order chi connectivity index (χ0) is 14.5. The Bertz CT molecular complexity index is 564. The van der Waals surface area contributed by atoms with Crippen LogP contribution in [0, 0.1) is 6.92 Å². The Hall–Kier alpha value is -1.88. The molecule has 1 heterocycles. The Morgan fingerprint density at radius 2 is 2.20 bits per heavy atom. The van der Waals surface area contributed by atoms with Crippen LogP contribution in [0.2, 0.25) is 0 Å². The standard InChI is InChI=1S/C15H21N3O2/c1-4-5-15-17-14(18-20-15)9-19-13-7-6-10(2)8-12(13)11(3)16/h6-8,11H,4-5,9,16H2,1-3H3/t11-/m1/s1. The Morgan fingerprint density at radius 1 is 1.40 bits per heavy atom. The maximum atomic E-state index is 5.97. The summed E-state index contributed by atoms with van der Waals surface area (Å²) in [5, 5.41) is 3.90. The summed E-state index contributed by atoms with van der Waals surface area (Å²) in [4.78, 5) is 4.27. The maximum Gasteiger partial charge on any atom is 0.226 e. The molecule has 0 amide bonds. The average Bonchev–Trinajstić information content (AvgIpc) is 2.85. The quantitative estimate of drug-likeness (QED) is 0.877. The lowest BCUT2D eigenvalue weighted by Gasteiger charge is -2.13. The number of nitrogens with zero attached hydrogens (tertiary/aromatic N) is 2. The summed E-state index contributed by atoms with van der Waals surface area (Å²) < 4.78 is 10.9. The van der Waals surface area contributed by atoms with E-state index in [2.05, 4.69) is 17.1 Å². The van der Waals surface area contributed by atoms with Crippen LogP contribution in [0.5, 0.6) is 5.75 Å². The van der Waals surface area contributed by atoms with E-state index >= 15 is 0 Å². The Kier molecular flexibility index (Phi) is 4.74. The van der Waals surface area contributed by atoms with Gasteiger partial charge in [0.2, 0.25) is 11.7 Å². The molecule has 0 aliphatic carbocycles. The number of rotatable bonds is 6. The normalized spacial score (nSPS) is 12.4. The van der Waals surface area contributed by atoms with Crippen LogP contribution < -0.4 is 10.5 Å². The van der Waals surface area contributed by atoms with Gasteiger partial charge in [0.15, 0.2) is 6.61 Å². The molecule has 1 aromatic heterocycles. The minimum Gasteiger partial charge on any atom is -0.485 e. The lowest BCUT2D eigenvalue weighted by atomic mass is 10.1. The fourth-order valence-electron chi connectivity index (χ4n) is 1.96. The first kappa shape index (κ1) is 14.5. The van der Waals surface area contributed by atoms with Gasteiger partial charge in [0.25, 0.3) is 0 Å².